The van der Waals surface area contributed by atoms with Crippen LogP contribution in [0, 0.1) is 0 Å². The van der Waals surface area contributed by atoms with Gasteiger partial charge in [-0.2, -0.15) is 0 Å². The summed E-state index contributed by atoms with van der Waals surface area (Å²) in [4.78, 5) is 0. The summed E-state index contributed by atoms with van der Waals surface area (Å²) < 4.78 is 0. The largest absolute Gasteiger partial charge is 0.0622 e. The highest BCUT2D eigenvalue weighted by molar-refractivity contribution is 6.11. The molecule has 0 aromatic heterocycles. The van der Waals surface area contributed by atoms with Crippen LogP contribution in [-0.2, 0) is 0 Å². The molecule has 0 atom stereocenters. The maximum Gasteiger partial charge on any atom is -0.00986 e. The van der Waals surface area contributed by atoms with E-state index in [0.29, 0.717) is 0 Å². The number of rotatable bonds is 4. The van der Waals surface area contributed by atoms with Crippen molar-refractivity contribution in [3.8, 4) is 44.5 Å². The van der Waals surface area contributed by atoms with Crippen molar-refractivity contribution in [3.63, 3.8) is 0 Å². The Labute approximate surface area is 223 Å². The number of fused-ring (bicyclic) bond motifs is 2. The highest BCUT2D eigenvalue weighted by Gasteiger charge is 2.13. The molecule has 0 spiro atoms. The Morgan fingerprint density at radius 2 is 0.553 bits per heavy atom. The van der Waals surface area contributed by atoms with E-state index in [2.05, 4.69) is 158 Å². The van der Waals surface area contributed by atoms with E-state index in [9.17, 15) is 0 Å². The molecule has 0 radical (unpaired) electrons. The molecule has 0 saturated carbocycles. The first-order valence-corrected chi connectivity index (χ1v) is 13.1. The lowest BCUT2D eigenvalue weighted by atomic mass is 9.88. The Balaban J connectivity index is 1.57. The van der Waals surface area contributed by atoms with E-state index in [4.69, 9.17) is 0 Å². The van der Waals surface area contributed by atoms with Crippen LogP contribution < -0.4 is 0 Å². The van der Waals surface area contributed by atoms with Gasteiger partial charge in [-0.15, -0.1) is 0 Å². The van der Waals surface area contributed by atoms with Crippen molar-refractivity contribution in [3.05, 3.63) is 158 Å². The summed E-state index contributed by atoms with van der Waals surface area (Å²) in [5.41, 5.74) is 9.92. The van der Waals surface area contributed by atoms with Crippen LogP contribution in [0.3, 0.4) is 0 Å². The average Bonchev–Trinajstić information content (AvgIpc) is 3.01. The summed E-state index contributed by atoms with van der Waals surface area (Å²) >= 11 is 0. The van der Waals surface area contributed by atoms with Crippen LogP contribution in [0.15, 0.2) is 158 Å². The second kappa shape index (κ2) is 9.50. The average molecular weight is 483 g/mol. The summed E-state index contributed by atoms with van der Waals surface area (Å²) in [6.45, 7) is 0. The molecule has 0 heteroatoms. The van der Waals surface area contributed by atoms with Crippen LogP contribution in [0.4, 0.5) is 0 Å². The predicted octanol–water partition coefficient (Wildman–Crippen LogP) is 10.7. The molecule has 38 heavy (non-hydrogen) atoms. The molecule has 0 unspecified atom stereocenters. The van der Waals surface area contributed by atoms with E-state index in [1.165, 1.54) is 66.1 Å². The first-order chi connectivity index (χ1) is 18.8. The monoisotopic (exact) mass is 482 g/mol. The van der Waals surface area contributed by atoms with Crippen molar-refractivity contribution in [2.75, 3.05) is 0 Å². The number of hydrogen-bond acceptors (Lipinski definition) is 0. The summed E-state index contributed by atoms with van der Waals surface area (Å²) in [7, 11) is 0. The van der Waals surface area contributed by atoms with Crippen LogP contribution in [-0.4, -0.2) is 0 Å². The lowest BCUT2D eigenvalue weighted by Gasteiger charge is -2.16. The van der Waals surface area contributed by atoms with E-state index >= 15 is 0 Å². The molecule has 0 nitrogen and oxygen atoms in total. The van der Waals surface area contributed by atoms with Gasteiger partial charge < -0.3 is 0 Å². The van der Waals surface area contributed by atoms with Crippen LogP contribution in [0.5, 0.6) is 0 Å². The zero-order chi connectivity index (χ0) is 25.3. The van der Waals surface area contributed by atoms with Crippen molar-refractivity contribution >= 4 is 21.5 Å². The van der Waals surface area contributed by atoms with Crippen LogP contribution in [0.25, 0.3) is 66.1 Å². The minimum absolute atomic E-state index is 1.23. The molecule has 0 bridgehead atoms. The SMILES string of the molecule is c1ccc(-c2cc(-c3ccccc3)c3cc4cc(-c5ccccc5)cc(-c5ccccc5)c4cc3c2)cc1. The highest BCUT2D eigenvalue weighted by atomic mass is 14.2. The second-order valence-electron chi connectivity index (χ2n) is 9.81. The van der Waals surface area contributed by atoms with E-state index in [1.807, 2.05) is 0 Å². The fourth-order valence-electron chi connectivity index (χ4n) is 5.53. The fraction of sp³-hybridized carbons (Fsp3) is 0. The maximum absolute atomic E-state index is 2.39. The summed E-state index contributed by atoms with van der Waals surface area (Å²) in [5, 5.41) is 5.05. The number of hydrogen-bond donors (Lipinski definition) is 0. The van der Waals surface area contributed by atoms with Gasteiger partial charge in [0, 0.05) is 0 Å². The quantitative estimate of drug-likeness (QED) is 0.219. The van der Waals surface area contributed by atoms with Gasteiger partial charge in [-0.1, -0.05) is 121 Å². The third-order valence-electron chi connectivity index (χ3n) is 7.41. The first-order valence-electron chi connectivity index (χ1n) is 13.1. The summed E-state index contributed by atoms with van der Waals surface area (Å²) in [6.07, 6.45) is 0. The molecular formula is C38H26. The topological polar surface area (TPSA) is 0 Å². The van der Waals surface area contributed by atoms with Gasteiger partial charge in [0.05, 0.1) is 0 Å². The molecular weight excluding hydrogens is 456 g/mol. The van der Waals surface area contributed by atoms with Crippen molar-refractivity contribution in [1.29, 1.82) is 0 Å². The van der Waals surface area contributed by atoms with E-state index in [0.717, 1.165) is 0 Å². The van der Waals surface area contributed by atoms with Gasteiger partial charge in [-0.05, 0) is 102 Å². The summed E-state index contributed by atoms with van der Waals surface area (Å²) in [5.74, 6) is 0. The molecule has 0 saturated heterocycles. The Bertz CT molecular complexity index is 1730. The minimum Gasteiger partial charge on any atom is -0.0622 e. The van der Waals surface area contributed by atoms with Crippen molar-refractivity contribution < 1.29 is 0 Å². The lowest BCUT2D eigenvalue weighted by molar-refractivity contribution is 1.61. The molecule has 7 aromatic rings. The standard InChI is InChI=1S/C38H26/c1-5-13-27(14-6-1)31-21-33-25-38-34(26-37(33)35(23-31)29-17-9-3-10-18-29)22-32(28-15-7-2-8-16-28)24-36(38)30-19-11-4-12-20-30/h1-26H. The molecule has 0 heterocycles. The summed E-state index contributed by atoms with van der Waals surface area (Å²) in [6, 6.07) is 57.0. The van der Waals surface area contributed by atoms with E-state index in [1.54, 1.807) is 0 Å². The fourth-order valence-corrected chi connectivity index (χ4v) is 5.53. The van der Waals surface area contributed by atoms with Crippen molar-refractivity contribution in [2.24, 2.45) is 0 Å². The van der Waals surface area contributed by atoms with E-state index in [-0.39, 0.29) is 0 Å². The minimum atomic E-state index is 1.23. The van der Waals surface area contributed by atoms with Gasteiger partial charge in [-0.25, -0.2) is 0 Å². The van der Waals surface area contributed by atoms with Crippen molar-refractivity contribution in [1.82, 2.24) is 0 Å². The Kier molecular flexibility index (Phi) is 5.57. The normalized spacial score (nSPS) is 11.2. The lowest BCUT2D eigenvalue weighted by Crippen LogP contribution is -1.89. The van der Waals surface area contributed by atoms with Crippen molar-refractivity contribution in [2.45, 2.75) is 0 Å². The van der Waals surface area contributed by atoms with E-state index < -0.39 is 0 Å². The molecule has 0 aliphatic rings. The maximum atomic E-state index is 2.39. The van der Waals surface area contributed by atoms with Gasteiger partial charge in [-0.3, -0.25) is 0 Å². The van der Waals surface area contributed by atoms with Gasteiger partial charge in [0.2, 0.25) is 0 Å². The predicted molar refractivity (Wildman–Crippen MR) is 163 cm³/mol. The number of benzene rings is 7. The Morgan fingerprint density at radius 1 is 0.237 bits per heavy atom. The van der Waals surface area contributed by atoms with Crippen LogP contribution in [0.2, 0.25) is 0 Å². The molecule has 178 valence electrons. The smallest absolute Gasteiger partial charge is 0.00986 e. The molecule has 0 aliphatic carbocycles. The molecule has 0 fully saturated rings. The second-order valence-corrected chi connectivity index (χ2v) is 9.81. The third kappa shape index (κ3) is 4.07. The Morgan fingerprint density at radius 3 is 0.895 bits per heavy atom. The van der Waals surface area contributed by atoms with Gasteiger partial charge in [0.1, 0.15) is 0 Å². The highest BCUT2D eigenvalue weighted by Crippen LogP contribution is 2.40. The van der Waals surface area contributed by atoms with Crippen LogP contribution in [0.1, 0.15) is 0 Å². The van der Waals surface area contributed by atoms with Crippen LogP contribution >= 0.6 is 0 Å². The molecule has 0 N–H and O–H groups in total. The van der Waals surface area contributed by atoms with Gasteiger partial charge in [0.25, 0.3) is 0 Å². The van der Waals surface area contributed by atoms with Gasteiger partial charge in [0.15, 0.2) is 0 Å². The zero-order valence-electron chi connectivity index (χ0n) is 21.0. The molecule has 7 rings (SSSR count). The zero-order valence-corrected chi connectivity index (χ0v) is 21.0. The first kappa shape index (κ1) is 22.3. The molecule has 0 amide bonds. The molecule has 0 aliphatic heterocycles. The third-order valence-corrected chi connectivity index (χ3v) is 7.41. The molecule has 7 aromatic carbocycles. The van der Waals surface area contributed by atoms with Gasteiger partial charge >= 0.3 is 0 Å². The Hall–Kier alpha value is -4.94.